The van der Waals surface area contributed by atoms with Crippen LogP contribution in [0.5, 0.6) is 5.75 Å². The maximum Gasteiger partial charge on any atom is 0.291 e. The number of ether oxygens (including phenoxy) is 1. The summed E-state index contributed by atoms with van der Waals surface area (Å²) < 4.78 is 7.20. The molecule has 4 rings (SSSR count). The first-order valence-electron chi connectivity index (χ1n) is 9.30. The maximum absolute atomic E-state index is 13.2. The second kappa shape index (κ2) is 7.43. The molecule has 3 aromatic rings. The summed E-state index contributed by atoms with van der Waals surface area (Å²) in [6, 6.07) is 17.2. The standard InChI is InChI=1S/C22H22N4O3/c1-24(2)21(27)14-26-22(28)20-12-16-6-4-5-7-19(16)25(20)13-18(23-26)15-8-10-17(29-3)11-9-15/h4-12H,13-14H2,1-3H3. The number of benzene rings is 2. The lowest BCUT2D eigenvalue weighted by Gasteiger charge is -2.18. The summed E-state index contributed by atoms with van der Waals surface area (Å²) in [5, 5.41) is 6.83. The summed E-state index contributed by atoms with van der Waals surface area (Å²) in [7, 11) is 4.94. The van der Waals surface area contributed by atoms with Crippen molar-refractivity contribution >= 4 is 28.4 Å². The molecule has 148 valence electrons. The van der Waals surface area contributed by atoms with Crippen molar-refractivity contribution in [2.24, 2.45) is 5.10 Å². The lowest BCUT2D eigenvalue weighted by atomic mass is 10.1. The minimum atomic E-state index is -0.292. The Labute approximate surface area is 168 Å². The number of hydrazone groups is 1. The van der Waals surface area contributed by atoms with Gasteiger partial charge in [-0.1, -0.05) is 18.2 Å². The van der Waals surface area contributed by atoms with Gasteiger partial charge in [0.05, 0.1) is 19.4 Å². The van der Waals surface area contributed by atoms with E-state index >= 15 is 0 Å². The normalized spacial score (nSPS) is 13.7. The van der Waals surface area contributed by atoms with E-state index in [4.69, 9.17) is 4.74 Å². The molecule has 1 aliphatic heterocycles. The van der Waals surface area contributed by atoms with E-state index in [1.165, 1.54) is 9.91 Å². The number of hydrogen-bond donors (Lipinski definition) is 0. The van der Waals surface area contributed by atoms with Crippen molar-refractivity contribution in [3.8, 4) is 5.75 Å². The van der Waals surface area contributed by atoms with Crippen LogP contribution in [0.2, 0.25) is 0 Å². The molecule has 7 nitrogen and oxygen atoms in total. The molecule has 29 heavy (non-hydrogen) atoms. The second-order valence-corrected chi connectivity index (χ2v) is 7.10. The quantitative estimate of drug-likeness (QED) is 0.688. The number of methoxy groups -OCH3 is 1. The van der Waals surface area contributed by atoms with Gasteiger partial charge in [-0.25, -0.2) is 5.01 Å². The summed E-state index contributed by atoms with van der Waals surface area (Å²) in [4.78, 5) is 27.0. The zero-order valence-electron chi connectivity index (χ0n) is 16.6. The fourth-order valence-electron chi connectivity index (χ4n) is 3.37. The van der Waals surface area contributed by atoms with Gasteiger partial charge in [-0.05, 0) is 42.0 Å². The Morgan fingerprint density at radius 2 is 1.86 bits per heavy atom. The molecular formula is C22H22N4O3. The zero-order chi connectivity index (χ0) is 20.5. The summed E-state index contributed by atoms with van der Waals surface area (Å²) >= 11 is 0. The van der Waals surface area contributed by atoms with Crippen LogP contribution in [-0.4, -0.2) is 59.8 Å². The number of fused-ring (bicyclic) bond motifs is 3. The maximum atomic E-state index is 13.2. The predicted octanol–water partition coefficient (Wildman–Crippen LogP) is 2.60. The molecule has 7 heteroatoms. The number of amides is 2. The van der Waals surface area contributed by atoms with Crippen LogP contribution in [0, 0.1) is 0 Å². The number of para-hydroxylation sites is 1. The predicted molar refractivity (Wildman–Crippen MR) is 111 cm³/mol. The first-order valence-corrected chi connectivity index (χ1v) is 9.30. The molecule has 0 saturated heterocycles. The van der Waals surface area contributed by atoms with Crippen molar-refractivity contribution in [3.63, 3.8) is 0 Å². The zero-order valence-corrected chi connectivity index (χ0v) is 16.6. The fourth-order valence-corrected chi connectivity index (χ4v) is 3.37. The highest BCUT2D eigenvalue weighted by atomic mass is 16.5. The van der Waals surface area contributed by atoms with Gasteiger partial charge in [-0.2, -0.15) is 5.10 Å². The first kappa shape index (κ1) is 18.7. The van der Waals surface area contributed by atoms with Gasteiger partial charge in [0, 0.05) is 25.0 Å². The van der Waals surface area contributed by atoms with Crippen LogP contribution < -0.4 is 4.74 Å². The highest BCUT2D eigenvalue weighted by Crippen LogP contribution is 2.25. The van der Waals surface area contributed by atoms with Crippen molar-refractivity contribution in [3.05, 3.63) is 65.9 Å². The summed E-state index contributed by atoms with van der Waals surface area (Å²) in [5.41, 5.74) is 3.04. The van der Waals surface area contributed by atoms with Gasteiger partial charge in [-0.3, -0.25) is 9.59 Å². The van der Waals surface area contributed by atoms with E-state index in [2.05, 4.69) is 5.10 Å². The van der Waals surface area contributed by atoms with Crippen LogP contribution in [0.15, 0.2) is 59.7 Å². The van der Waals surface area contributed by atoms with Crippen LogP contribution in [-0.2, 0) is 11.3 Å². The molecule has 0 atom stereocenters. The molecule has 2 heterocycles. The van der Waals surface area contributed by atoms with Gasteiger partial charge >= 0.3 is 0 Å². The first-order chi connectivity index (χ1) is 14.0. The highest BCUT2D eigenvalue weighted by Gasteiger charge is 2.28. The molecule has 0 aliphatic carbocycles. The van der Waals surface area contributed by atoms with E-state index < -0.39 is 0 Å². The summed E-state index contributed by atoms with van der Waals surface area (Å²) in [6.45, 7) is 0.306. The Bertz CT molecular complexity index is 1110. The number of hydrogen-bond acceptors (Lipinski definition) is 4. The number of carbonyl (C=O) groups excluding carboxylic acids is 2. The van der Waals surface area contributed by atoms with Crippen molar-refractivity contribution < 1.29 is 14.3 Å². The Hall–Kier alpha value is -3.61. The third kappa shape index (κ3) is 3.47. The van der Waals surface area contributed by atoms with Crippen LogP contribution in [0.1, 0.15) is 16.1 Å². The third-order valence-electron chi connectivity index (χ3n) is 5.02. The molecule has 0 N–H and O–H groups in total. The van der Waals surface area contributed by atoms with Crippen LogP contribution in [0.3, 0.4) is 0 Å². The van der Waals surface area contributed by atoms with Crippen LogP contribution >= 0.6 is 0 Å². The molecular weight excluding hydrogens is 368 g/mol. The average molecular weight is 390 g/mol. The number of carbonyl (C=O) groups is 2. The highest BCUT2D eigenvalue weighted by molar-refractivity contribution is 6.07. The average Bonchev–Trinajstić information content (AvgIpc) is 3.04. The van der Waals surface area contributed by atoms with Gasteiger partial charge in [0.1, 0.15) is 18.0 Å². The molecule has 1 aromatic heterocycles. The molecule has 0 bridgehead atoms. The Kier molecular flexibility index (Phi) is 4.80. The fraction of sp³-hybridized carbons (Fsp3) is 0.227. The summed E-state index contributed by atoms with van der Waals surface area (Å²) in [6.07, 6.45) is 0. The third-order valence-corrected chi connectivity index (χ3v) is 5.02. The van der Waals surface area contributed by atoms with E-state index in [9.17, 15) is 9.59 Å². The minimum absolute atomic E-state index is 0.118. The lowest BCUT2D eigenvalue weighted by molar-refractivity contribution is -0.129. The van der Waals surface area contributed by atoms with Gasteiger partial charge in [-0.15, -0.1) is 0 Å². The van der Waals surface area contributed by atoms with Gasteiger partial charge in [0.25, 0.3) is 5.91 Å². The number of rotatable bonds is 4. The molecule has 0 radical (unpaired) electrons. The number of likely N-dealkylation sites (N-methyl/N-ethyl adjacent to an activating group) is 1. The van der Waals surface area contributed by atoms with Gasteiger partial charge in [0.15, 0.2) is 0 Å². The van der Waals surface area contributed by atoms with E-state index in [1.807, 2.05) is 59.2 Å². The molecule has 0 saturated carbocycles. The smallest absolute Gasteiger partial charge is 0.291 e. The second-order valence-electron chi connectivity index (χ2n) is 7.10. The molecule has 0 spiro atoms. The molecule has 2 aromatic carbocycles. The van der Waals surface area contributed by atoms with Crippen LogP contribution in [0.4, 0.5) is 0 Å². The minimum Gasteiger partial charge on any atom is -0.497 e. The lowest BCUT2D eigenvalue weighted by Crippen LogP contribution is -2.37. The molecule has 2 amide bonds. The van der Waals surface area contributed by atoms with Crippen molar-refractivity contribution in [1.29, 1.82) is 0 Å². The largest absolute Gasteiger partial charge is 0.497 e. The van der Waals surface area contributed by atoms with Crippen LogP contribution in [0.25, 0.3) is 10.9 Å². The van der Waals surface area contributed by atoms with E-state index in [1.54, 1.807) is 21.2 Å². The number of aromatic nitrogens is 1. The van der Waals surface area contributed by atoms with Gasteiger partial charge < -0.3 is 14.2 Å². The van der Waals surface area contributed by atoms with E-state index in [0.717, 1.165) is 22.2 Å². The van der Waals surface area contributed by atoms with Crippen molar-refractivity contribution in [2.75, 3.05) is 27.7 Å². The molecule has 0 unspecified atom stereocenters. The topological polar surface area (TPSA) is 67.1 Å². The van der Waals surface area contributed by atoms with E-state index in [-0.39, 0.29) is 18.4 Å². The molecule has 0 fully saturated rings. The van der Waals surface area contributed by atoms with E-state index in [0.29, 0.717) is 18.0 Å². The monoisotopic (exact) mass is 390 g/mol. The molecule has 1 aliphatic rings. The Morgan fingerprint density at radius 1 is 1.14 bits per heavy atom. The number of nitrogens with zero attached hydrogens (tertiary/aromatic N) is 4. The van der Waals surface area contributed by atoms with Crippen molar-refractivity contribution in [2.45, 2.75) is 6.54 Å². The SMILES string of the molecule is COc1ccc(C2=NN(CC(=O)N(C)C)C(=O)c3cc4ccccc4n3C2)cc1. The van der Waals surface area contributed by atoms with Crippen molar-refractivity contribution in [1.82, 2.24) is 14.5 Å². The Morgan fingerprint density at radius 3 is 2.55 bits per heavy atom. The summed E-state index contributed by atoms with van der Waals surface area (Å²) in [5.74, 6) is 0.256. The van der Waals surface area contributed by atoms with Gasteiger partial charge in [0.2, 0.25) is 5.91 Å². The Balaban J connectivity index is 1.84.